The number of hydrogen-bond acceptors (Lipinski definition) is 8. The van der Waals surface area contributed by atoms with Gasteiger partial charge >= 0.3 is 5.97 Å². The van der Waals surface area contributed by atoms with Crippen LogP contribution in [-0.2, 0) is 14.3 Å². The maximum Gasteiger partial charge on any atom is 0.339 e. The zero-order valence-electron chi connectivity index (χ0n) is 19.5. The Kier molecular flexibility index (Phi) is 9.15. The summed E-state index contributed by atoms with van der Waals surface area (Å²) in [4.78, 5) is 50.6. The van der Waals surface area contributed by atoms with Gasteiger partial charge in [-0.2, -0.15) is 0 Å². The van der Waals surface area contributed by atoms with E-state index in [1.165, 1.54) is 25.3 Å². The Bertz CT molecular complexity index is 1240. The van der Waals surface area contributed by atoms with E-state index in [2.05, 4.69) is 16.6 Å². The number of halogens is 1. The standard InChI is InChI=1S/C25H23ClN2O7S/c1-4-10-35-19-9-6-15(11-20(19)34-5-2)12-21-23(30)28(25(32)36-21)14-22(29)27-16-7-8-18(26)17(13-16)24(31)33-3/h4,6-9,11-13H,1,5,10,14H2,2-3H3,(H,27,29)/b21-12+. The first-order chi connectivity index (χ1) is 17.3. The van der Waals surface area contributed by atoms with E-state index in [0.717, 1.165) is 16.7 Å². The number of carbonyl (C=O) groups is 4. The Morgan fingerprint density at radius 2 is 1.92 bits per heavy atom. The minimum atomic E-state index is -0.667. The van der Waals surface area contributed by atoms with Crippen molar-refractivity contribution in [2.24, 2.45) is 0 Å². The fourth-order valence-corrected chi connectivity index (χ4v) is 4.18. The number of nitrogens with one attached hydrogen (secondary N) is 1. The van der Waals surface area contributed by atoms with Crippen molar-refractivity contribution >= 4 is 58.1 Å². The molecule has 1 aliphatic rings. The number of amides is 3. The molecule has 1 heterocycles. The van der Waals surface area contributed by atoms with Crippen LogP contribution >= 0.6 is 23.4 Å². The SMILES string of the molecule is C=CCOc1ccc(/C=C2/SC(=O)N(CC(=O)Nc3ccc(Cl)c(C(=O)OC)c3)C2=O)cc1OCC. The highest BCUT2D eigenvalue weighted by molar-refractivity contribution is 8.18. The highest BCUT2D eigenvalue weighted by Gasteiger charge is 2.36. The monoisotopic (exact) mass is 530 g/mol. The number of imide groups is 1. The number of esters is 1. The first-order valence-electron chi connectivity index (χ1n) is 10.7. The maximum atomic E-state index is 12.8. The van der Waals surface area contributed by atoms with Crippen molar-refractivity contribution in [1.82, 2.24) is 4.90 Å². The number of benzene rings is 2. The lowest BCUT2D eigenvalue weighted by atomic mass is 10.2. The van der Waals surface area contributed by atoms with Crippen LogP contribution in [0.2, 0.25) is 5.02 Å². The van der Waals surface area contributed by atoms with Crippen molar-refractivity contribution in [2.45, 2.75) is 6.92 Å². The Hall–Kier alpha value is -3.76. The number of hydrogen-bond donors (Lipinski definition) is 1. The van der Waals surface area contributed by atoms with Crippen LogP contribution in [0.15, 0.2) is 54.0 Å². The van der Waals surface area contributed by atoms with Crippen LogP contribution in [0.4, 0.5) is 10.5 Å². The van der Waals surface area contributed by atoms with Gasteiger partial charge in [0.15, 0.2) is 11.5 Å². The first-order valence-corrected chi connectivity index (χ1v) is 11.9. The number of methoxy groups -OCH3 is 1. The van der Waals surface area contributed by atoms with Crippen molar-refractivity contribution in [3.63, 3.8) is 0 Å². The van der Waals surface area contributed by atoms with E-state index in [1.54, 1.807) is 30.4 Å². The second-order valence-corrected chi connectivity index (χ2v) is 8.64. The van der Waals surface area contributed by atoms with Crippen molar-refractivity contribution in [3.05, 3.63) is 70.1 Å². The zero-order valence-corrected chi connectivity index (χ0v) is 21.1. The van der Waals surface area contributed by atoms with Crippen LogP contribution in [0, 0.1) is 0 Å². The average Bonchev–Trinajstić information content (AvgIpc) is 3.11. The largest absolute Gasteiger partial charge is 0.490 e. The third-order valence-corrected chi connectivity index (χ3v) is 5.99. The van der Waals surface area contributed by atoms with E-state index in [-0.39, 0.29) is 21.2 Å². The molecular formula is C25H23ClN2O7S. The van der Waals surface area contributed by atoms with Gasteiger partial charge in [0.05, 0.1) is 29.2 Å². The van der Waals surface area contributed by atoms with Gasteiger partial charge in [-0.05, 0) is 60.7 Å². The Morgan fingerprint density at radius 3 is 2.61 bits per heavy atom. The Morgan fingerprint density at radius 1 is 1.14 bits per heavy atom. The molecule has 0 bridgehead atoms. The summed E-state index contributed by atoms with van der Waals surface area (Å²) in [5, 5.41) is 2.12. The molecule has 0 unspecified atom stereocenters. The van der Waals surface area contributed by atoms with E-state index >= 15 is 0 Å². The van der Waals surface area contributed by atoms with Gasteiger partial charge in [-0.1, -0.05) is 30.3 Å². The van der Waals surface area contributed by atoms with Crippen molar-refractivity contribution in [1.29, 1.82) is 0 Å². The van der Waals surface area contributed by atoms with Gasteiger partial charge in [-0.25, -0.2) is 4.79 Å². The summed E-state index contributed by atoms with van der Waals surface area (Å²) in [6.07, 6.45) is 3.16. The molecule has 11 heteroatoms. The van der Waals surface area contributed by atoms with Crippen molar-refractivity contribution < 1.29 is 33.4 Å². The molecule has 0 atom stereocenters. The molecule has 0 aliphatic carbocycles. The summed E-state index contributed by atoms with van der Waals surface area (Å²) in [6, 6.07) is 9.38. The number of rotatable bonds is 10. The molecule has 3 amide bonds. The van der Waals surface area contributed by atoms with E-state index in [4.69, 9.17) is 21.1 Å². The summed E-state index contributed by atoms with van der Waals surface area (Å²) in [6.45, 7) is 5.66. The van der Waals surface area contributed by atoms with Gasteiger partial charge in [0.25, 0.3) is 11.1 Å². The molecule has 1 saturated heterocycles. The molecular weight excluding hydrogens is 508 g/mol. The van der Waals surface area contributed by atoms with Crippen LogP contribution in [0.5, 0.6) is 11.5 Å². The number of nitrogens with zero attached hydrogens (tertiary/aromatic N) is 1. The molecule has 0 spiro atoms. The normalized spacial score (nSPS) is 14.1. The molecule has 2 aromatic carbocycles. The molecule has 1 N–H and O–H groups in total. The quantitative estimate of drug-likeness (QED) is 0.266. The number of thioether (sulfide) groups is 1. The lowest BCUT2D eigenvalue weighted by Gasteiger charge is -2.13. The predicted molar refractivity (Wildman–Crippen MR) is 137 cm³/mol. The molecule has 0 saturated carbocycles. The minimum Gasteiger partial charge on any atom is -0.490 e. The topological polar surface area (TPSA) is 111 Å². The lowest BCUT2D eigenvalue weighted by molar-refractivity contribution is -0.127. The molecule has 3 rings (SSSR count). The predicted octanol–water partition coefficient (Wildman–Crippen LogP) is 4.77. The molecule has 36 heavy (non-hydrogen) atoms. The van der Waals surface area contributed by atoms with E-state index in [0.29, 0.717) is 30.3 Å². The lowest BCUT2D eigenvalue weighted by Crippen LogP contribution is -2.36. The third kappa shape index (κ3) is 6.46. The van der Waals surface area contributed by atoms with Gasteiger partial charge < -0.3 is 19.5 Å². The maximum absolute atomic E-state index is 12.8. The van der Waals surface area contributed by atoms with Crippen molar-refractivity contribution in [3.8, 4) is 11.5 Å². The van der Waals surface area contributed by atoms with E-state index in [1.807, 2.05) is 6.92 Å². The Balaban J connectivity index is 1.72. The van der Waals surface area contributed by atoms with Crippen LogP contribution in [0.1, 0.15) is 22.8 Å². The van der Waals surface area contributed by atoms with Gasteiger partial charge in [-0.3, -0.25) is 19.3 Å². The van der Waals surface area contributed by atoms with E-state index in [9.17, 15) is 19.2 Å². The zero-order chi connectivity index (χ0) is 26.2. The molecule has 9 nitrogen and oxygen atoms in total. The number of ether oxygens (including phenoxy) is 3. The molecule has 1 fully saturated rings. The van der Waals surface area contributed by atoms with Gasteiger partial charge in [0, 0.05) is 5.69 Å². The second-order valence-electron chi connectivity index (χ2n) is 7.24. The van der Waals surface area contributed by atoms with Crippen LogP contribution < -0.4 is 14.8 Å². The third-order valence-electron chi connectivity index (χ3n) is 4.75. The molecule has 188 valence electrons. The van der Waals surface area contributed by atoms with Crippen LogP contribution in [0.25, 0.3) is 6.08 Å². The smallest absolute Gasteiger partial charge is 0.339 e. The second kappa shape index (κ2) is 12.3. The summed E-state index contributed by atoms with van der Waals surface area (Å²) in [7, 11) is 1.21. The first kappa shape index (κ1) is 26.8. The molecule has 0 aromatic heterocycles. The number of carbonyl (C=O) groups excluding carboxylic acids is 4. The van der Waals surface area contributed by atoms with Crippen LogP contribution in [0.3, 0.4) is 0 Å². The molecule has 2 aromatic rings. The summed E-state index contributed by atoms with van der Waals surface area (Å²) in [5.74, 6) is -0.882. The fourth-order valence-electron chi connectivity index (χ4n) is 3.15. The van der Waals surface area contributed by atoms with Crippen LogP contribution in [-0.4, -0.2) is 54.8 Å². The van der Waals surface area contributed by atoms with Gasteiger partial charge in [-0.15, -0.1) is 0 Å². The highest BCUT2D eigenvalue weighted by atomic mass is 35.5. The summed E-state index contributed by atoms with van der Waals surface area (Å²) >= 11 is 6.71. The number of anilines is 1. The minimum absolute atomic E-state index is 0.0680. The summed E-state index contributed by atoms with van der Waals surface area (Å²) in [5.41, 5.74) is 0.948. The highest BCUT2D eigenvalue weighted by Crippen LogP contribution is 2.34. The molecule has 0 radical (unpaired) electrons. The fraction of sp³-hybridized carbons (Fsp3) is 0.200. The Labute approximate surface area is 217 Å². The summed E-state index contributed by atoms with van der Waals surface area (Å²) < 4.78 is 15.8. The molecule has 1 aliphatic heterocycles. The average molecular weight is 531 g/mol. The van der Waals surface area contributed by atoms with E-state index < -0.39 is 29.6 Å². The van der Waals surface area contributed by atoms with Gasteiger partial charge in [0.2, 0.25) is 5.91 Å². The van der Waals surface area contributed by atoms with Crippen molar-refractivity contribution in [2.75, 3.05) is 32.2 Å². The van der Waals surface area contributed by atoms with Gasteiger partial charge in [0.1, 0.15) is 13.2 Å².